The molecule has 0 fully saturated rings. The van der Waals surface area contributed by atoms with Crippen molar-refractivity contribution in [1.29, 1.82) is 5.39 Å². The lowest BCUT2D eigenvalue weighted by Crippen LogP contribution is -2.14. The van der Waals surface area contributed by atoms with Gasteiger partial charge in [-0.1, -0.05) is 12.2 Å². The molecule has 0 aromatic carbocycles. The van der Waals surface area contributed by atoms with Crippen LogP contribution in [0, 0.1) is 5.39 Å². The molecule has 0 amide bonds. The van der Waals surface area contributed by atoms with Crippen molar-refractivity contribution in [2.45, 2.75) is 6.04 Å². The van der Waals surface area contributed by atoms with Crippen LogP contribution < -0.4 is 0 Å². The predicted molar refractivity (Wildman–Crippen MR) is 35.8 cm³/mol. The van der Waals surface area contributed by atoms with E-state index in [0.29, 0.717) is 5.71 Å². The Hall–Kier alpha value is -1.72. The van der Waals surface area contributed by atoms with Crippen LogP contribution in [-0.2, 0) is 0 Å². The van der Waals surface area contributed by atoms with Gasteiger partial charge in [0.05, 0.1) is 0 Å². The van der Waals surface area contributed by atoms with Crippen LogP contribution in [0.5, 0.6) is 0 Å². The van der Waals surface area contributed by atoms with E-state index in [9.17, 15) is 0 Å². The van der Waals surface area contributed by atoms with Crippen LogP contribution in [-0.4, -0.2) is 16.5 Å². The number of hydrogen-bond donors (Lipinski definition) is 0. The zero-order chi connectivity index (χ0) is 7.40. The minimum Gasteiger partial charge on any atom is -0.361 e. The maximum Gasteiger partial charge on any atom is 0.430 e. The van der Waals surface area contributed by atoms with Crippen LogP contribution >= 0.6 is 0 Å². The lowest BCUT2D eigenvalue weighted by molar-refractivity contribution is -0.00586. The standard InChI is InChI=1S/C6H5N4/c7-9-5-3-1-2-4-6(5)10-8/h1-5H/q+1. The van der Waals surface area contributed by atoms with E-state index in [0.717, 1.165) is 0 Å². The molecule has 10 heavy (non-hydrogen) atoms. The molecule has 4 heteroatoms. The fourth-order valence-corrected chi connectivity index (χ4v) is 0.711. The minimum atomic E-state index is -0.519. The second-order valence-corrected chi connectivity index (χ2v) is 1.83. The van der Waals surface area contributed by atoms with Crippen LogP contribution in [0.1, 0.15) is 0 Å². The van der Waals surface area contributed by atoms with E-state index in [-0.39, 0.29) is 0 Å². The van der Waals surface area contributed by atoms with Crippen LogP contribution in [0.2, 0.25) is 0 Å². The Balaban J connectivity index is 2.98. The lowest BCUT2D eigenvalue weighted by atomic mass is 10.1. The summed E-state index contributed by atoms with van der Waals surface area (Å²) in [6, 6.07) is -0.519. The number of hydrogen-bond acceptors (Lipinski definition) is 1. The van der Waals surface area contributed by atoms with E-state index < -0.39 is 6.04 Å². The van der Waals surface area contributed by atoms with Gasteiger partial charge in [-0.25, -0.2) is 0 Å². The second kappa shape index (κ2) is 2.72. The molecule has 1 aliphatic rings. The highest BCUT2D eigenvalue weighted by Crippen LogP contribution is 2.02. The summed E-state index contributed by atoms with van der Waals surface area (Å²) in [7, 11) is 0. The van der Waals surface area contributed by atoms with Gasteiger partial charge in [-0.05, 0) is 0 Å². The first-order valence-electron chi connectivity index (χ1n) is 2.79. The van der Waals surface area contributed by atoms with E-state index in [1.165, 1.54) is 0 Å². The monoisotopic (exact) mass is 133 g/mol. The SMILES string of the molecule is N#[N+]C1C=CC=CC1=[N+]=[N-]. The van der Waals surface area contributed by atoms with Crippen molar-refractivity contribution in [3.63, 3.8) is 0 Å². The van der Waals surface area contributed by atoms with Gasteiger partial charge in [0, 0.05) is 12.2 Å². The molecule has 0 heterocycles. The molecule has 0 bridgehead atoms. The molecule has 1 aliphatic carbocycles. The van der Waals surface area contributed by atoms with E-state index in [4.69, 9.17) is 10.9 Å². The number of nitrogens with zero attached hydrogens (tertiary/aromatic N) is 4. The first-order chi connectivity index (χ1) is 4.88. The summed E-state index contributed by atoms with van der Waals surface area (Å²) in [6.45, 7) is 0. The quantitative estimate of drug-likeness (QED) is 0.276. The molecule has 0 spiro atoms. The Morgan fingerprint density at radius 3 is 2.80 bits per heavy atom. The topological polar surface area (TPSA) is 64.5 Å². The van der Waals surface area contributed by atoms with Crippen molar-refractivity contribution >= 4 is 5.71 Å². The van der Waals surface area contributed by atoms with Crippen molar-refractivity contribution in [1.82, 2.24) is 0 Å². The molecule has 1 rings (SSSR count). The molecule has 0 saturated carbocycles. The van der Waals surface area contributed by atoms with E-state index in [2.05, 4.69) is 9.77 Å². The van der Waals surface area contributed by atoms with Crippen molar-refractivity contribution in [2.75, 3.05) is 0 Å². The third kappa shape index (κ3) is 0.993. The summed E-state index contributed by atoms with van der Waals surface area (Å²) in [6.07, 6.45) is 6.62. The smallest absolute Gasteiger partial charge is 0.361 e. The fraction of sp³-hybridized carbons (Fsp3) is 0.167. The van der Waals surface area contributed by atoms with Gasteiger partial charge in [-0.2, -0.15) is 4.79 Å². The summed E-state index contributed by atoms with van der Waals surface area (Å²) in [5, 5.41) is 8.34. The molecular weight excluding hydrogens is 128 g/mol. The van der Waals surface area contributed by atoms with Crippen LogP contribution in [0.4, 0.5) is 0 Å². The van der Waals surface area contributed by atoms with Crippen molar-refractivity contribution in [3.8, 4) is 0 Å². The summed E-state index contributed by atoms with van der Waals surface area (Å²) in [5.74, 6) is 0. The first kappa shape index (κ1) is 6.40. The molecule has 0 aromatic heterocycles. The van der Waals surface area contributed by atoms with Crippen molar-refractivity contribution in [3.05, 3.63) is 34.8 Å². The average Bonchev–Trinajstić information content (AvgIpc) is 2.04. The maximum absolute atomic E-state index is 8.34. The van der Waals surface area contributed by atoms with Crippen LogP contribution in [0.15, 0.2) is 24.3 Å². The number of allylic oxidation sites excluding steroid dienone is 2. The summed E-state index contributed by atoms with van der Waals surface area (Å²) < 4.78 is 0. The largest absolute Gasteiger partial charge is 0.430 e. The highest BCUT2D eigenvalue weighted by molar-refractivity contribution is 5.98. The van der Waals surface area contributed by atoms with Gasteiger partial charge in [-0.3, -0.25) is 0 Å². The average molecular weight is 133 g/mol. The molecule has 0 saturated heterocycles. The molecule has 1 unspecified atom stereocenters. The Kier molecular flexibility index (Phi) is 1.74. The molecule has 4 nitrogen and oxygen atoms in total. The van der Waals surface area contributed by atoms with E-state index in [1.54, 1.807) is 24.3 Å². The van der Waals surface area contributed by atoms with Crippen molar-refractivity contribution < 1.29 is 4.79 Å². The van der Waals surface area contributed by atoms with Crippen molar-refractivity contribution in [2.24, 2.45) is 0 Å². The van der Waals surface area contributed by atoms with E-state index in [1.807, 2.05) is 0 Å². The summed E-state index contributed by atoms with van der Waals surface area (Å²) >= 11 is 0. The normalized spacial score (nSPS) is 21.9. The minimum absolute atomic E-state index is 0.338. The fourth-order valence-electron chi connectivity index (χ4n) is 0.711. The van der Waals surface area contributed by atoms with Gasteiger partial charge in [0.25, 0.3) is 0 Å². The maximum atomic E-state index is 8.34. The molecule has 0 aliphatic heterocycles. The highest BCUT2D eigenvalue weighted by Gasteiger charge is 2.31. The number of rotatable bonds is 0. The molecular formula is C6H5N4+. The van der Waals surface area contributed by atoms with Gasteiger partial charge in [0.15, 0.2) is 0 Å². The molecule has 1 atom stereocenters. The molecule has 0 aromatic rings. The zero-order valence-corrected chi connectivity index (χ0v) is 5.18. The van der Waals surface area contributed by atoms with Gasteiger partial charge in [-0.15, -0.1) is 0 Å². The Bertz CT molecular complexity index is 275. The van der Waals surface area contributed by atoms with Gasteiger partial charge in [0.1, 0.15) is 4.98 Å². The Morgan fingerprint density at radius 1 is 1.50 bits per heavy atom. The van der Waals surface area contributed by atoms with Gasteiger partial charge < -0.3 is 5.53 Å². The van der Waals surface area contributed by atoms with Gasteiger partial charge >= 0.3 is 11.8 Å². The third-order valence-electron chi connectivity index (χ3n) is 1.21. The predicted octanol–water partition coefficient (Wildman–Crippen LogP) is 1.00. The second-order valence-electron chi connectivity index (χ2n) is 1.83. The Labute approximate surface area is 57.7 Å². The summed E-state index contributed by atoms with van der Waals surface area (Å²) in [4.78, 5) is 5.90. The molecule has 0 N–H and O–H groups in total. The first-order valence-corrected chi connectivity index (χ1v) is 2.79. The number of diazo groups is 1. The summed E-state index contributed by atoms with van der Waals surface area (Å²) in [5.41, 5.74) is 8.66. The van der Waals surface area contributed by atoms with E-state index >= 15 is 0 Å². The van der Waals surface area contributed by atoms with Gasteiger partial charge in [0.2, 0.25) is 5.39 Å². The Morgan fingerprint density at radius 2 is 2.30 bits per heavy atom. The third-order valence-corrected chi connectivity index (χ3v) is 1.21. The van der Waals surface area contributed by atoms with Crippen LogP contribution in [0.3, 0.4) is 0 Å². The highest BCUT2D eigenvalue weighted by atomic mass is 14.9. The lowest BCUT2D eigenvalue weighted by Gasteiger charge is -1.85. The van der Waals surface area contributed by atoms with Crippen LogP contribution in [0.25, 0.3) is 10.5 Å². The zero-order valence-electron chi connectivity index (χ0n) is 5.18. The molecule has 48 valence electrons. The molecule has 0 radical (unpaired) electrons.